The lowest BCUT2D eigenvalue weighted by Crippen LogP contribution is -2.51. The highest BCUT2D eigenvalue weighted by molar-refractivity contribution is 4.84. The number of methoxy groups -OCH3 is 2. The number of ether oxygens (including phenoxy) is 2. The highest BCUT2D eigenvalue weighted by Gasteiger charge is 2.34. The second kappa shape index (κ2) is 6.55. The van der Waals surface area contributed by atoms with Crippen molar-refractivity contribution in [2.75, 3.05) is 14.2 Å². The third-order valence-electron chi connectivity index (χ3n) is 4.10. The molecule has 1 aliphatic rings. The van der Waals surface area contributed by atoms with Gasteiger partial charge in [0.15, 0.2) is 6.29 Å². The third-order valence-corrected chi connectivity index (χ3v) is 4.10. The molecule has 1 saturated carbocycles. The van der Waals surface area contributed by atoms with E-state index in [4.69, 9.17) is 15.3 Å². The molecular weight excluding hydrogens is 204 g/mol. The first-order valence-electron chi connectivity index (χ1n) is 6.15. The Labute approximate surface area is 98.8 Å². The summed E-state index contributed by atoms with van der Waals surface area (Å²) in [6, 6.07) is 0.0879. The van der Waals surface area contributed by atoms with E-state index in [-0.39, 0.29) is 12.3 Å². The molecule has 1 rings (SSSR count). The Balaban J connectivity index is 2.59. The molecule has 1 fully saturated rings. The van der Waals surface area contributed by atoms with Gasteiger partial charge in [-0.25, -0.2) is 0 Å². The first kappa shape index (κ1) is 13.9. The maximum absolute atomic E-state index is 5.63. The molecule has 4 unspecified atom stereocenters. The second-order valence-corrected chi connectivity index (χ2v) is 5.06. The number of nitrogens with one attached hydrogen (secondary N) is 1. The highest BCUT2D eigenvalue weighted by Crippen LogP contribution is 2.35. The molecule has 3 N–H and O–H groups in total. The molecule has 0 aromatic rings. The zero-order valence-corrected chi connectivity index (χ0v) is 10.9. The summed E-state index contributed by atoms with van der Waals surface area (Å²) >= 11 is 0. The van der Waals surface area contributed by atoms with Gasteiger partial charge in [-0.2, -0.15) is 0 Å². The molecule has 0 aromatic carbocycles. The van der Waals surface area contributed by atoms with Gasteiger partial charge < -0.3 is 9.47 Å². The quantitative estimate of drug-likeness (QED) is 0.427. The molecule has 0 amide bonds. The SMILES string of the molecule is COC(OC)C(NN)C1CCC(C)C(C)C1. The summed E-state index contributed by atoms with van der Waals surface area (Å²) in [5.74, 6) is 7.74. The van der Waals surface area contributed by atoms with Gasteiger partial charge in [0.2, 0.25) is 0 Å². The smallest absolute Gasteiger partial charge is 0.173 e. The normalized spacial score (nSPS) is 33.0. The first-order chi connectivity index (χ1) is 7.63. The Morgan fingerprint density at radius 2 is 1.75 bits per heavy atom. The molecule has 96 valence electrons. The minimum Gasteiger partial charge on any atom is -0.354 e. The lowest BCUT2D eigenvalue weighted by Gasteiger charge is -2.38. The van der Waals surface area contributed by atoms with Crippen LogP contribution in [0.3, 0.4) is 0 Å². The average Bonchev–Trinajstić information content (AvgIpc) is 2.29. The fourth-order valence-corrected chi connectivity index (χ4v) is 2.74. The number of hydrogen-bond acceptors (Lipinski definition) is 4. The van der Waals surface area contributed by atoms with Gasteiger partial charge in [-0.1, -0.05) is 20.3 Å². The number of rotatable bonds is 5. The maximum Gasteiger partial charge on any atom is 0.173 e. The molecule has 4 heteroatoms. The van der Waals surface area contributed by atoms with Crippen molar-refractivity contribution in [3.8, 4) is 0 Å². The van der Waals surface area contributed by atoms with Crippen molar-refractivity contribution < 1.29 is 9.47 Å². The Bertz CT molecular complexity index is 197. The second-order valence-electron chi connectivity index (χ2n) is 5.06. The van der Waals surface area contributed by atoms with E-state index in [0.29, 0.717) is 5.92 Å². The minimum absolute atomic E-state index is 0.0879. The molecule has 4 atom stereocenters. The monoisotopic (exact) mass is 230 g/mol. The standard InChI is InChI=1S/C12H26N2O2/c1-8-5-6-10(7-9(8)2)11(14-13)12(15-3)16-4/h8-12,14H,5-7,13H2,1-4H3. The van der Waals surface area contributed by atoms with Crippen LogP contribution in [0.5, 0.6) is 0 Å². The van der Waals surface area contributed by atoms with Crippen molar-refractivity contribution in [2.45, 2.75) is 45.4 Å². The Kier molecular flexibility index (Phi) is 5.69. The van der Waals surface area contributed by atoms with Gasteiger partial charge in [0.25, 0.3) is 0 Å². The zero-order valence-electron chi connectivity index (χ0n) is 10.9. The van der Waals surface area contributed by atoms with Crippen molar-refractivity contribution >= 4 is 0 Å². The van der Waals surface area contributed by atoms with Gasteiger partial charge in [0, 0.05) is 14.2 Å². The van der Waals surface area contributed by atoms with Crippen LogP contribution in [-0.4, -0.2) is 26.6 Å². The van der Waals surface area contributed by atoms with E-state index in [0.717, 1.165) is 11.8 Å². The van der Waals surface area contributed by atoms with Crippen LogP contribution >= 0.6 is 0 Å². The topological polar surface area (TPSA) is 56.5 Å². The number of nitrogens with two attached hydrogens (primary N) is 1. The fourth-order valence-electron chi connectivity index (χ4n) is 2.74. The first-order valence-corrected chi connectivity index (χ1v) is 6.15. The van der Waals surface area contributed by atoms with E-state index in [9.17, 15) is 0 Å². The molecule has 0 aromatic heterocycles. The fraction of sp³-hybridized carbons (Fsp3) is 1.00. The Morgan fingerprint density at radius 1 is 1.12 bits per heavy atom. The van der Waals surface area contributed by atoms with E-state index < -0.39 is 0 Å². The van der Waals surface area contributed by atoms with Crippen LogP contribution in [0.25, 0.3) is 0 Å². The van der Waals surface area contributed by atoms with Crippen molar-refractivity contribution in [3.63, 3.8) is 0 Å². The number of hydrogen-bond donors (Lipinski definition) is 2. The number of hydrazine groups is 1. The molecule has 0 spiro atoms. The van der Waals surface area contributed by atoms with Crippen LogP contribution in [0.4, 0.5) is 0 Å². The van der Waals surface area contributed by atoms with Crippen LogP contribution in [0, 0.1) is 17.8 Å². The Morgan fingerprint density at radius 3 is 2.19 bits per heavy atom. The lowest BCUT2D eigenvalue weighted by atomic mass is 9.73. The largest absolute Gasteiger partial charge is 0.354 e. The van der Waals surface area contributed by atoms with Crippen molar-refractivity contribution in [1.29, 1.82) is 0 Å². The minimum atomic E-state index is -0.254. The van der Waals surface area contributed by atoms with E-state index in [1.54, 1.807) is 14.2 Å². The van der Waals surface area contributed by atoms with Gasteiger partial charge in [-0.15, -0.1) is 0 Å². The maximum atomic E-state index is 5.63. The molecule has 1 aliphatic carbocycles. The molecule has 4 nitrogen and oxygen atoms in total. The predicted molar refractivity (Wildman–Crippen MR) is 64.6 cm³/mol. The summed E-state index contributed by atoms with van der Waals surface area (Å²) in [7, 11) is 3.32. The van der Waals surface area contributed by atoms with Crippen LogP contribution in [0.15, 0.2) is 0 Å². The summed E-state index contributed by atoms with van der Waals surface area (Å²) < 4.78 is 10.6. The third kappa shape index (κ3) is 3.17. The van der Waals surface area contributed by atoms with Gasteiger partial charge in [-0.05, 0) is 30.6 Å². The summed E-state index contributed by atoms with van der Waals surface area (Å²) in [5, 5.41) is 0. The van der Waals surface area contributed by atoms with E-state index >= 15 is 0 Å². The van der Waals surface area contributed by atoms with E-state index in [1.165, 1.54) is 19.3 Å². The predicted octanol–water partition coefficient (Wildman–Crippen LogP) is 1.51. The van der Waals surface area contributed by atoms with Crippen molar-refractivity contribution in [3.05, 3.63) is 0 Å². The van der Waals surface area contributed by atoms with Crippen molar-refractivity contribution in [1.82, 2.24) is 5.43 Å². The Hall–Kier alpha value is -0.160. The molecule has 0 heterocycles. The summed E-state index contributed by atoms with van der Waals surface area (Å²) in [6.45, 7) is 4.65. The molecular formula is C12H26N2O2. The molecule has 0 saturated heterocycles. The lowest BCUT2D eigenvalue weighted by molar-refractivity contribution is -0.137. The van der Waals surface area contributed by atoms with Crippen LogP contribution in [0.2, 0.25) is 0 Å². The van der Waals surface area contributed by atoms with E-state index in [2.05, 4.69) is 19.3 Å². The van der Waals surface area contributed by atoms with Crippen LogP contribution < -0.4 is 11.3 Å². The highest BCUT2D eigenvalue weighted by atomic mass is 16.7. The summed E-state index contributed by atoms with van der Waals surface area (Å²) in [6.07, 6.45) is 3.41. The summed E-state index contributed by atoms with van der Waals surface area (Å²) in [4.78, 5) is 0. The van der Waals surface area contributed by atoms with Gasteiger partial charge in [0.1, 0.15) is 0 Å². The van der Waals surface area contributed by atoms with Crippen LogP contribution in [0.1, 0.15) is 33.1 Å². The van der Waals surface area contributed by atoms with Gasteiger partial charge in [-0.3, -0.25) is 11.3 Å². The van der Waals surface area contributed by atoms with Crippen molar-refractivity contribution in [2.24, 2.45) is 23.6 Å². The molecule has 0 bridgehead atoms. The van der Waals surface area contributed by atoms with Crippen LogP contribution in [-0.2, 0) is 9.47 Å². The van der Waals surface area contributed by atoms with Gasteiger partial charge in [0.05, 0.1) is 6.04 Å². The average molecular weight is 230 g/mol. The molecule has 16 heavy (non-hydrogen) atoms. The van der Waals surface area contributed by atoms with E-state index in [1.807, 2.05) is 0 Å². The zero-order chi connectivity index (χ0) is 12.1. The van der Waals surface area contributed by atoms with Gasteiger partial charge >= 0.3 is 0 Å². The molecule has 0 aliphatic heterocycles. The summed E-state index contributed by atoms with van der Waals surface area (Å²) in [5.41, 5.74) is 2.86. The molecule has 0 radical (unpaired) electrons.